The maximum Gasteiger partial charge on any atom is 0.351 e. The van der Waals surface area contributed by atoms with Crippen LogP contribution < -0.4 is 23.7 Å². The molecule has 0 unspecified atom stereocenters. The molecule has 0 aliphatic rings. The molecule has 0 radical (unpaired) electrons. The van der Waals surface area contributed by atoms with E-state index in [1.54, 1.807) is 73.8 Å². The number of ether oxygens (including phenoxy) is 5. The van der Waals surface area contributed by atoms with Crippen molar-refractivity contribution in [2.24, 2.45) is 0 Å². The number of methoxy groups -OCH3 is 4. The molecule has 0 aliphatic carbocycles. The molecule has 0 saturated carbocycles. The van der Waals surface area contributed by atoms with Gasteiger partial charge in [0.15, 0.2) is 5.78 Å². The van der Waals surface area contributed by atoms with Crippen LogP contribution in [-0.4, -0.2) is 40.2 Å². The minimum absolute atomic E-state index is 0.185. The first kappa shape index (κ1) is 23.4. The molecule has 0 amide bonds. The summed E-state index contributed by atoms with van der Waals surface area (Å²) in [6.45, 7) is 0. The van der Waals surface area contributed by atoms with Gasteiger partial charge < -0.3 is 23.7 Å². The molecule has 0 fully saturated rings. The van der Waals surface area contributed by atoms with Gasteiger partial charge in [0.05, 0.1) is 34.0 Å². The van der Waals surface area contributed by atoms with Gasteiger partial charge in [-0.1, -0.05) is 24.3 Å². The standard InChI is InChI=1S/C26H24O7/c1-29-18-12-13-20(24(16-18)32-4)21(27)14-11-17-7-5-8-19(15-17)33-26(28)25-22(30-2)9-6-10-23(25)31-3/h5-16H,1-4H3. The van der Waals surface area contributed by atoms with Crippen LogP contribution in [0.5, 0.6) is 28.7 Å². The molecule has 170 valence electrons. The van der Waals surface area contributed by atoms with Gasteiger partial charge in [0, 0.05) is 6.07 Å². The number of ketones is 1. The van der Waals surface area contributed by atoms with E-state index < -0.39 is 5.97 Å². The minimum atomic E-state index is -0.621. The predicted molar refractivity (Wildman–Crippen MR) is 124 cm³/mol. The summed E-state index contributed by atoms with van der Waals surface area (Å²) < 4.78 is 26.5. The van der Waals surface area contributed by atoms with E-state index >= 15 is 0 Å². The van der Waals surface area contributed by atoms with Crippen molar-refractivity contribution in [1.29, 1.82) is 0 Å². The van der Waals surface area contributed by atoms with Crippen molar-refractivity contribution < 1.29 is 33.3 Å². The molecule has 0 saturated heterocycles. The first-order valence-electron chi connectivity index (χ1n) is 9.98. The van der Waals surface area contributed by atoms with E-state index in [1.165, 1.54) is 27.4 Å². The number of hydrogen-bond donors (Lipinski definition) is 0. The molecule has 33 heavy (non-hydrogen) atoms. The second kappa shape index (κ2) is 10.9. The van der Waals surface area contributed by atoms with E-state index in [-0.39, 0.29) is 11.3 Å². The second-order valence-corrected chi connectivity index (χ2v) is 6.76. The van der Waals surface area contributed by atoms with Gasteiger partial charge in [-0.2, -0.15) is 0 Å². The fraction of sp³-hybridized carbons (Fsp3) is 0.154. The largest absolute Gasteiger partial charge is 0.497 e. The van der Waals surface area contributed by atoms with Crippen molar-refractivity contribution >= 4 is 17.8 Å². The lowest BCUT2D eigenvalue weighted by molar-refractivity contribution is 0.0727. The number of benzene rings is 3. The number of rotatable bonds is 9. The topological polar surface area (TPSA) is 80.3 Å². The van der Waals surface area contributed by atoms with Crippen LogP contribution in [0.25, 0.3) is 6.08 Å². The van der Waals surface area contributed by atoms with Crippen molar-refractivity contribution in [3.63, 3.8) is 0 Å². The summed E-state index contributed by atoms with van der Waals surface area (Å²) in [5, 5.41) is 0. The SMILES string of the molecule is COc1ccc(C(=O)C=Cc2cccc(OC(=O)c3c(OC)cccc3OC)c2)c(OC)c1. The summed E-state index contributed by atoms with van der Waals surface area (Å²) in [5.74, 6) is 1.14. The molecule has 0 spiro atoms. The van der Waals surface area contributed by atoms with Crippen molar-refractivity contribution in [2.45, 2.75) is 0 Å². The van der Waals surface area contributed by atoms with Gasteiger partial charge in [0.2, 0.25) is 0 Å². The summed E-state index contributed by atoms with van der Waals surface area (Å²) in [6, 6.07) is 16.8. The summed E-state index contributed by atoms with van der Waals surface area (Å²) in [7, 11) is 5.96. The first-order chi connectivity index (χ1) is 16.0. The Labute approximate surface area is 192 Å². The maximum atomic E-state index is 12.8. The molecule has 3 aromatic rings. The van der Waals surface area contributed by atoms with Crippen LogP contribution >= 0.6 is 0 Å². The van der Waals surface area contributed by atoms with Crippen molar-refractivity contribution in [2.75, 3.05) is 28.4 Å². The monoisotopic (exact) mass is 448 g/mol. The van der Waals surface area contributed by atoms with E-state index in [0.29, 0.717) is 39.9 Å². The third-order valence-corrected chi connectivity index (χ3v) is 4.80. The lowest BCUT2D eigenvalue weighted by Crippen LogP contribution is -2.12. The molecule has 0 bridgehead atoms. The molecular formula is C26H24O7. The second-order valence-electron chi connectivity index (χ2n) is 6.76. The van der Waals surface area contributed by atoms with Gasteiger partial charge >= 0.3 is 5.97 Å². The zero-order valence-corrected chi connectivity index (χ0v) is 18.8. The molecule has 3 rings (SSSR count). The van der Waals surface area contributed by atoms with E-state index in [4.69, 9.17) is 23.7 Å². The van der Waals surface area contributed by atoms with Gasteiger partial charge in [-0.3, -0.25) is 4.79 Å². The Hall–Kier alpha value is -4.26. The highest BCUT2D eigenvalue weighted by molar-refractivity contribution is 6.08. The fourth-order valence-electron chi connectivity index (χ4n) is 3.16. The molecule has 7 nitrogen and oxygen atoms in total. The highest BCUT2D eigenvalue weighted by Crippen LogP contribution is 2.30. The minimum Gasteiger partial charge on any atom is -0.497 e. The number of allylic oxidation sites excluding steroid dienone is 1. The van der Waals surface area contributed by atoms with E-state index in [0.717, 1.165) is 0 Å². The van der Waals surface area contributed by atoms with Gasteiger partial charge in [0.1, 0.15) is 34.3 Å². The van der Waals surface area contributed by atoms with Crippen LogP contribution in [0.4, 0.5) is 0 Å². The lowest BCUT2D eigenvalue weighted by atomic mass is 10.1. The lowest BCUT2D eigenvalue weighted by Gasteiger charge is -2.12. The van der Waals surface area contributed by atoms with Crippen molar-refractivity contribution in [1.82, 2.24) is 0 Å². The molecule has 7 heteroatoms. The third-order valence-electron chi connectivity index (χ3n) is 4.80. The zero-order chi connectivity index (χ0) is 23.8. The predicted octanol–water partition coefficient (Wildman–Crippen LogP) is 4.84. The molecular weight excluding hydrogens is 424 g/mol. The Kier molecular flexibility index (Phi) is 7.70. The fourth-order valence-corrected chi connectivity index (χ4v) is 3.16. The van der Waals surface area contributed by atoms with E-state index in [9.17, 15) is 9.59 Å². The van der Waals surface area contributed by atoms with E-state index in [2.05, 4.69) is 0 Å². The summed E-state index contributed by atoms with van der Waals surface area (Å²) in [4.78, 5) is 25.4. The number of carbonyl (C=O) groups is 2. The Bertz CT molecular complexity index is 1160. The van der Waals surface area contributed by atoms with Crippen LogP contribution in [0.2, 0.25) is 0 Å². The quantitative estimate of drug-likeness (QED) is 0.201. The highest BCUT2D eigenvalue weighted by atomic mass is 16.5. The molecule has 0 heterocycles. The molecule has 0 aromatic heterocycles. The van der Waals surface area contributed by atoms with Gasteiger partial charge in [-0.15, -0.1) is 0 Å². The van der Waals surface area contributed by atoms with Crippen LogP contribution in [0.3, 0.4) is 0 Å². The summed E-state index contributed by atoms with van der Waals surface area (Å²) >= 11 is 0. The average molecular weight is 448 g/mol. The third kappa shape index (κ3) is 5.51. The Morgan fingerprint density at radius 1 is 0.697 bits per heavy atom. The summed E-state index contributed by atoms with van der Waals surface area (Å²) in [5.41, 5.74) is 1.26. The maximum absolute atomic E-state index is 12.8. The zero-order valence-electron chi connectivity index (χ0n) is 18.8. The van der Waals surface area contributed by atoms with Crippen LogP contribution in [0.15, 0.2) is 66.7 Å². The Balaban J connectivity index is 1.79. The average Bonchev–Trinajstić information content (AvgIpc) is 2.86. The van der Waals surface area contributed by atoms with Crippen LogP contribution in [-0.2, 0) is 0 Å². The molecule has 0 atom stereocenters. The Morgan fingerprint density at radius 2 is 1.36 bits per heavy atom. The van der Waals surface area contributed by atoms with Gasteiger partial charge in [0.25, 0.3) is 0 Å². The van der Waals surface area contributed by atoms with Gasteiger partial charge in [-0.25, -0.2) is 4.79 Å². The van der Waals surface area contributed by atoms with Crippen molar-refractivity contribution in [3.8, 4) is 28.7 Å². The Morgan fingerprint density at radius 3 is 2.00 bits per heavy atom. The van der Waals surface area contributed by atoms with Crippen molar-refractivity contribution in [3.05, 3.63) is 83.4 Å². The van der Waals surface area contributed by atoms with Crippen LogP contribution in [0.1, 0.15) is 26.3 Å². The van der Waals surface area contributed by atoms with Gasteiger partial charge in [-0.05, 0) is 48.0 Å². The number of hydrogen-bond acceptors (Lipinski definition) is 7. The van der Waals surface area contributed by atoms with Crippen LogP contribution in [0, 0.1) is 0 Å². The smallest absolute Gasteiger partial charge is 0.351 e. The normalized spacial score (nSPS) is 10.5. The number of esters is 1. The highest BCUT2D eigenvalue weighted by Gasteiger charge is 2.20. The van der Waals surface area contributed by atoms with E-state index in [1.807, 2.05) is 0 Å². The number of carbonyl (C=O) groups excluding carboxylic acids is 2. The molecule has 0 aliphatic heterocycles. The first-order valence-corrected chi connectivity index (χ1v) is 9.98. The summed E-state index contributed by atoms with van der Waals surface area (Å²) in [6.07, 6.45) is 3.06. The molecule has 0 N–H and O–H groups in total. The molecule has 3 aromatic carbocycles.